The van der Waals surface area contributed by atoms with E-state index in [1.54, 1.807) is 0 Å². The smallest absolute Gasteiger partial charge is 0.0558 e. The minimum absolute atomic E-state index is 0.274. The van der Waals surface area contributed by atoms with E-state index in [4.69, 9.17) is 5.11 Å². The number of rotatable bonds is 6. The van der Waals surface area contributed by atoms with Gasteiger partial charge in [-0.1, -0.05) is 26.7 Å². The fourth-order valence-corrected chi connectivity index (χ4v) is 1.25. The Balaban J connectivity index is 3.44. The van der Waals surface area contributed by atoms with Gasteiger partial charge in [-0.05, 0) is 13.0 Å². The third kappa shape index (κ3) is 5.22. The molecular weight excluding hydrogens is 138 g/mol. The molecule has 0 atom stereocenters. The van der Waals surface area contributed by atoms with Crippen molar-refractivity contribution in [1.29, 1.82) is 0 Å². The molecule has 0 aliphatic rings. The summed E-state index contributed by atoms with van der Waals surface area (Å²) in [6.45, 7) is 6.64. The van der Waals surface area contributed by atoms with Gasteiger partial charge in [0.1, 0.15) is 0 Å². The minimum Gasteiger partial charge on any atom is -0.395 e. The first-order chi connectivity index (χ1) is 5.24. The van der Waals surface area contributed by atoms with E-state index in [0.717, 1.165) is 19.0 Å². The summed E-state index contributed by atoms with van der Waals surface area (Å²) in [5, 5.41) is 8.65. The van der Waals surface area contributed by atoms with E-state index >= 15 is 0 Å². The Bertz CT molecular complexity index is 81.6. The van der Waals surface area contributed by atoms with Gasteiger partial charge in [0.15, 0.2) is 0 Å². The monoisotopic (exact) mass is 159 g/mol. The van der Waals surface area contributed by atoms with Crippen molar-refractivity contribution in [2.24, 2.45) is 5.92 Å². The molecule has 0 aliphatic heterocycles. The van der Waals surface area contributed by atoms with Gasteiger partial charge in [0.2, 0.25) is 0 Å². The minimum atomic E-state index is 0.274. The lowest BCUT2D eigenvalue weighted by molar-refractivity contribution is 0.198. The zero-order valence-electron chi connectivity index (χ0n) is 8.01. The molecule has 0 spiro atoms. The Labute approximate surface area is 70.2 Å². The fraction of sp³-hybridized carbons (Fsp3) is 1.00. The highest BCUT2D eigenvalue weighted by Gasteiger charge is 2.05. The first-order valence-corrected chi connectivity index (χ1v) is 4.53. The highest BCUT2D eigenvalue weighted by atomic mass is 16.3. The highest BCUT2D eigenvalue weighted by Crippen LogP contribution is 2.07. The van der Waals surface area contributed by atoms with Gasteiger partial charge in [0, 0.05) is 13.1 Å². The quantitative estimate of drug-likeness (QED) is 0.632. The number of aliphatic hydroxyl groups is 1. The largest absolute Gasteiger partial charge is 0.395 e. The molecule has 0 saturated carbocycles. The molecule has 0 aliphatic carbocycles. The van der Waals surface area contributed by atoms with Gasteiger partial charge in [-0.15, -0.1) is 0 Å². The Kier molecular flexibility index (Phi) is 6.57. The lowest BCUT2D eigenvalue weighted by atomic mass is 10.0. The van der Waals surface area contributed by atoms with Crippen molar-refractivity contribution in [1.82, 2.24) is 4.90 Å². The van der Waals surface area contributed by atoms with Crippen molar-refractivity contribution in [2.75, 3.05) is 26.7 Å². The molecule has 0 amide bonds. The first-order valence-electron chi connectivity index (χ1n) is 4.53. The average molecular weight is 159 g/mol. The number of aliphatic hydroxyl groups excluding tert-OH is 1. The van der Waals surface area contributed by atoms with Crippen LogP contribution in [0.25, 0.3) is 0 Å². The summed E-state index contributed by atoms with van der Waals surface area (Å²) >= 11 is 0. The van der Waals surface area contributed by atoms with Crippen LogP contribution in [0.4, 0.5) is 0 Å². The van der Waals surface area contributed by atoms with E-state index < -0.39 is 0 Å². The van der Waals surface area contributed by atoms with Gasteiger partial charge >= 0.3 is 0 Å². The molecule has 0 aromatic rings. The second kappa shape index (κ2) is 6.62. The SMILES string of the molecule is CCC(CC)CN(C)CCO. The topological polar surface area (TPSA) is 23.5 Å². The van der Waals surface area contributed by atoms with Crippen molar-refractivity contribution in [2.45, 2.75) is 26.7 Å². The van der Waals surface area contributed by atoms with Crippen molar-refractivity contribution < 1.29 is 5.11 Å². The van der Waals surface area contributed by atoms with Gasteiger partial charge in [0.05, 0.1) is 6.61 Å². The lowest BCUT2D eigenvalue weighted by Gasteiger charge is -2.20. The maximum absolute atomic E-state index is 8.65. The molecule has 0 fully saturated rings. The normalized spacial score (nSPS) is 11.5. The van der Waals surface area contributed by atoms with Gasteiger partial charge < -0.3 is 10.0 Å². The summed E-state index contributed by atoms with van der Waals surface area (Å²) in [4.78, 5) is 2.19. The summed E-state index contributed by atoms with van der Waals surface area (Å²) in [5.74, 6) is 0.798. The number of nitrogens with zero attached hydrogens (tertiary/aromatic N) is 1. The molecule has 68 valence electrons. The van der Waals surface area contributed by atoms with Gasteiger partial charge in [-0.3, -0.25) is 0 Å². The van der Waals surface area contributed by atoms with Crippen LogP contribution in [-0.4, -0.2) is 36.8 Å². The second-order valence-electron chi connectivity index (χ2n) is 3.17. The van der Waals surface area contributed by atoms with Crippen molar-refractivity contribution >= 4 is 0 Å². The Hall–Kier alpha value is -0.0800. The number of likely N-dealkylation sites (N-methyl/N-ethyl adjacent to an activating group) is 1. The Morgan fingerprint density at radius 3 is 2.18 bits per heavy atom. The van der Waals surface area contributed by atoms with E-state index in [9.17, 15) is 0 Å². The van der Waals surface area contributed by atoms with E-state index in [1.165, 1.54) is 12.8 Å². The molecule has 0 heterocycles. The average Bonchev–Trinajstić information content (AvgIpc) is 2.01. The first kappa shape index (κ1) is 10.9. The fourth-order valence-electron chi connectivity index (χ4n) is 1.25. The zero-order valence-corrected chi connectivity index (χ0v) is 8.01. The summed E-state index contributed by atoms with van der Waals surface area (Å²) in [7, 11) is 2.06. The Morgan fingerprint density at radius 2 is 1.82 bits per heavy atom. The van der Waals surface area contributed by atoms with Crippen LogP contribution in [-0.2, 0) is 0 Å². The number of hydrogen-bond acceptors (Lipinski definition) is 2. The lowest BCUT2D eigenvalue weighted by Crippen LogP contribution is -2.27. The van der Waals surface area contributed by atoms with Gasteiger partial charge in [0.25, 0.3) is 0 Å². The summed E-state index contributed by atoms with van der Waals surface area (Å²) in [6, 6.07) is 0. The maximum atomic E-state index is 8.65. The van der Waals surface area contributed by atoms with Crippen LogP contribution in [0.15, 0.2) is 0 Å². The molecule has 0 radical (unpaired) electrons. The highest BCUT2D eigenvalue weighted by molar-refractivity contribution is 4.59. The van der Waals surface area contributed by atoms with Crippen molar-refractivity contribution in [3.63, 3.8) is 0 Å². The van der Waals surface area contributed by atoms with Crippen LogP contribution >= 0.6 is 0 Å². The van der Waals surface area contributed by atoms with E-state index in [2.05, 4.69) is 25.8 Å². The third-order valence-corrected chi connectivity index (χ3v) is 2.21. The molecule has 0 aromatic heterocycles. The van der Waals surface area contributed by atoms with E-state index in [-0.39, 0.29) is 6.61 Å². The standard InChI is InChI=1S/C9H21NO/c1-4-9(5-2)8-10(3)6-7-11/h9,11H,4-8H2,1-3H3. The molecule has 0 aromatic carbocycles. The van der Waals surface area contributed by atoms with Crippen LogP contribution in [0.2, 0.25) is 0 Å². The predicted molar refractivity (Wildman–Crippen MR) is 48.7 cm³/mol. The van der Waals surface area contributed by atoms with Crippen LogP contribution in [0.1, 0.15) is 26.7 Å². The van der Waals surface area contributed by atoms with Crippen LogP contribution < -0.4 is 0 Å². The van der Waals surface area contributed by atoms with Crippen molar-refractivity contribution in [3.8, 4) is 0 Å². The van der Waals surface area contributed by atoms with Crippen molar-refractivity contribution in [3.05, 3.63) is 0 Å². The summed E-state index contributed by atoms with van der Waals surface area (Å²) in [6.07, 6.45) is 2.48. The van der Waals surface area contributed by atoms with E-state index in [0.29, 0.717) is 0 Å². The third-order valence-electron chi connectivity index (χ3n) is 2.21. The molecule has 0 bridgehead atoms. The van der Waals surface area contributed by atoms with Gasteiger partial charge in [-0.2, -0.15) is 0 Å². The Morgan fingerprint density at radius 1 is 1.27 bits per heavy atom. The van der Waals surface area contributed by atoms with Crippen LogP contribution in [0, 0.1) is 5.92 Å². The van der Waals surface area contributed by atoms with Crippen LogP contribution in [0.5, 0.6) is 0 Å². The molecule has 2 nitrogen and oxygen atoms in total. The summed E-state index contributed by atoms with van der Waals surface area (Å²) < 4.78 is 0. The maximum Gasteiger partial charge on any atom is 0.0558 e. The van der Waals surface area contributed by atoms with Gasteiger partial charge in [-0.25, -0.2) is 0 Å². The van der Waals surface area contributed by atoms with E-state index in [1.807, 2.05) is 0 Å². The second-order valence-corrected chi connectivity index (χ2v) is 3.17. The molecular formula is C9H21NO. The molecule has 11 heavy (non-hydrogen) atoms. The molecule has 1 N–H and O–H groups in total. The predicted octanol–water partition coefficient (Wildman–Crippen LogP) is 1.35. The summed E-state index contributed by atoms with van der Waals surface area (Å²) in [5.41, 5.74) is 0. The molecule has 0 rings (SSSR count). The van der Waals surface area contributed by atoms with Crippen LogP contribution in [0.3, 0.4) is 0 Å². The molecule has 2 heteroatoms. The number of hydrogen-bond donors (Lipinski definition) is 1. The zero-order chi connectivity index (χ0) is 8.69. The molecule has 0 unspecified atom stereocenters. The molecule has 0 saturated heterocycles.